The van der Waals surface area contributed by atoms with E-state index in [1.807, 2.05) is 18.2 Å². The molecule has 2 fully saturated rings. The molecule has 7 heteroatoms. The summed E-state index contributed by atoms with van der Waals surface area (Å²) in [6.45, 7) is 6.15. The van der Waals surface area contributed by atoms with Gasteiger partial charge in [-0.25, -0.2) is 9.67 Å². The van der Waals surface area contributed by atoms with E-state index in [-0.39, 0.29) is 0 Å². The van der Waals surface area contributed by atoms with Crippen molar-refractivity contribution in [2.75, 3.05) is 13.1 Å². The van der Waals surface area contributed by atoms with Crippen LogP contribution >= 0.6 is 0 Å². The molecule has 1 aliphatic carbocycles. The highest BCUT2D eigenvalue weighted by Crippen LogP contribution is 2.38. The van der Waals surface area contributed by atoms with E-state index in [1.54, 1.807) is 6.20 Å². The quantitative estimate of drug-likeness (QED) is 0.603. The molecule has 0 spiro atoms. The summed E-state index contributed by atoms with van der Waals surface area (Å²) in [4.78, 5) is 9.23. The van der Waals surface area contributed by atoms with Crippen LogP contribution < -0.4 is 10.1 Å². The highest BCUT2D eigenvalue weighted by Gasteiger charge is 2.29. The van der Waals surface area contributed by atoms with Crippen molar-refractivity contribution >= 4 is 0 Å². The summed E-state index contributed by atoms with van der Waals surface area (Å²) in [5.74, 6) is 1.21. The number of nitrogens with one attached hydrogen (secondary N) is 1. The Morgan fingerprint density at radius 1 is 0.969 bits per heavy atom. The number of benzene rings is 1. The number of piperidine rings is 1. The van der Waals surface area contributed by atoms with Crippen molar-refractivity contribution in [2.45, 2.75) is 70.8 Å². The van der Waals surface area contributed by atoms with Gasteiger partial charge in [0.05, 0.1) is 17.4 Å². The molecule has 3 aromatic rings. The van der Waals surface area contributed by atoms with Gasteiger partial charge in [0.15, 0.2) is 0 Å². The van der Waals surface area contributed by atoms with Gasteiger partial charge in [-0.2, -0.15) is 4.98 Å². The summed E-state index contributed by atoms with van der Waals surface area (Å²) in [6, 6.07) is 8.82. The fourth-order valence-electron chi connectivity index (χ4n) is 5.13. The average Bonchev–Trinajstić information content (AvgIpc) is 3.25. The van der Waals surface area contributed by atoms with Crippen LogP contribution in [0.25, 0.3) is 11.4 Å². The minimum atomic E-state index is 0.342. The Bertz CT molecular complexity index is 1010. The molecule has 2 aliphatic rings. The van der Waals surface area contributed by atoms with E-state index in [1.165, 1.54) is 32.1 Å². The Balaban J connectivity index is 1.52. The molecule has 0 unspecified atom stereocenters. The van der Waals surface area contributed by atoms with E-state index in [0.717, 1.165) is 59.9 Å². The van der Waals surface area contributed by atoms with Crippen LogP contribution in [0.4, 0.5) is 0 Å². The Hall–Kier alpha value is -2.80. The van der Waals surface area contributed by atoms with Crippen molar-refractivity contribution in [3.63, 3.8) is 0 Å². The summed E-state index contributed by atoms with van der Waals surface area (Å²) < 4.78 is 8.20. The fourth-order valence-corrected chi connectivity index (χ4v) is 5.13. The molecule has 1 aromatic carbocycles. The third-order valence-electron chi connectivity index (χ3n) is 6.65. The van der Waals surface area contributed by atoms with E-state index in [0.29, 0.717) is 18.0 Å². The van der Waals surface area contributed by atoms with Crippen molar-refractivity contribution in [1.82, 2.24) is 30.3 Å². The van der Waals surface area contributed by atoms with Crippen molar-refractivity contribution in [3.05, 3.63) is 47.3 Å². The molecule has 1 aliphatic heterocycles. The third kappa shape index (κ3) is 4.53. The van der Waals surface area contributed by atoms with Gasteiger partial charge in [-0.1, -0.05) is 30.5 Å². The number of rotatable bonds is 5. The summed E-state index contributed by atoms with van der Waals surface area (Å²) in [7, 11) is 0. The van der Waals surface area contributed by atoms with Crippen LogP contribution in [0.1, 0.15) is 73.7 Å². The summed E-state index contributed by atoms with van der Waals surface area (Å²) in [5, 5.41) is 12.8. The van der Waals surface area contributed by atoms with Gasteiger partial charge in [-0.15, -0.1) is 5.10 Å². The van der Waals surface area contributed by atoms with Crippen LogP contribution in [-0.2, 0) is 0 Å². The molecule has 32 heavy (non-hydrogen) atoms. The zero-order valence-electron chi connectivity index (χ0n) is 19.0. The maximum Gasteiger partial charge on any atom is 0.322 e. The number of aryl methyl sites for hydroxylation is 2. The topological polar surface area (TPSA) is 77.8 Å². The molecule has 0 radical (unpaired) electrons. The maximum absolute atomic E-state index is 6.07. The molecule has 1 N–H and O–H groups in total. The second kappa shape index (κ2) is 9.36. The van der Waals surface area contributed by atoms with Gasteiger partial charge in [0.25, 0.3) is 0 Å². The Kier molecular flexibility index (Phi) is 6.17. The number of aromatic nitrogens is 5. The molecule has 3 heterocycles. The van der Waals surface area contributed by atoms with Crippen molar-refractivity contribution in [2.24, 2.45) is 0 Å². The smallest absolute Gasteiger partial charge is 0.322 e. The zero-order valence-corrected chi connectivity index (χ0v) is 19.0. The van der Waals surface area contributed by atoms with Crippen LogP contribution in [0.15, 0.2) is 30.5 Å². The number of ether oxygens (including phenoxy) is 1. The number of hydrogen-bond donors (Lipinski definition) is 1. The van der Waals surface area contributed by atoms with E-state index in [2.05, 4.69) is 40.1 Å². The molecular formula is C25H32N6O. The minimum absolute atomic E-state index is 0.342. The lowest BCUT2D eigenvalue weighted by Gasteiger charge is -2.25. The normalized spacial score (nSPS) is 18.1. The Morgan fingerprint density at radius 2 is 1.72 bits per heavy atom. The second-order valence-electron chi connectivity index (χ2n) is 9.23. The number of hydrogen-bond acceptors (Lipinski definition) is 6. The average molecular weight is 433 g/mol. The lowest BCUT2D eigenvalue weighted by Crippen LogP contribution is -2.30. The lowest BCUT2D eigenvalue weighted by molar-refractivity contribution is 0.340. The number of nitrogens with zero attached hydrogens (tertiary/aromatic N) is 5. The molecule has 168 valence electrons. The van der Waals surface area contributed by atoms with Gasteiger partial charge >= 0.3 is 6.01 Å². The van der Waals surface area contributed by atoms with Crippen LogP contribution in [0.5, 0.6) is 11.8 Å². The predicted octanol–water partition coefficient (Wildman–Crippen LogP) is 5.12. The van der Waals surface area contributed by atoms with Gasteiger partial charge in [0.1, 0.15) is 11.4 Å². The first kappa shape index (κ1) is 21.1. The zero-order chi connectivity index (χ0) is 21.9. The van der Waals surface area contributed by atoms with Crippen LogP contribution in [0.3, 0.4) is 0 Å². The molecule has 1 saturated heterocycles. The summed E-state index contributed by atoms with van der Waals surface area (Å²) in [6.07, 6.45) is 10.1. The van der Waals surface area contributed by atoms with Crippen LogP contribution in [-0.4, -0.2) is 38.1 Å². The van der Waals surface area contributed by atoms with Crippen molar-refractivity contribution in [3.8, 4) is 23.1 Å². The summed E-state index contributed by atoms with van der Waals surface area (Å²) >= 11 is 0. The van der Waals surface area contributed by atoms with Crippen LogP contribution in [0.2, 0.25) is 0 Å². The van der Waals surface area contributed by atoms with Crippen LogP contribution in [0, 0.1) is 13.8 Å². The van der Waals surface area contributed by atoms with Crippen molar-refractivity contribution < 1.29 is 4.74 Å². The van der Waals surface area contributed by atoms with E-state index < -0.39 is 0 Å². The standard InChI is InChI=1S/C25H32N6O/c1-17-14-18(2)16-21(15-17)32-25-27-13-10-22(28-25)24-23(19-6-4-3-5-7-19)29-30-31(24)20-8-11-26-12-9-20/h10,13-16,19-20,26H,3-9,11-12H2,1-2H3. The van der Waals surface area contributed by atoms with E-state index >= 15 is 0 Å². The van der Waals surface area contributed by atoms with Gasteiger partial charge in [0, 0.05) is 12.1 Å². The second-order valence-corrected chi connectivity index (χ2v) is 9.23. The molecule has 0 amide bonds. The highest BCUT2D eigenvalue weighted by molar-refractivity contribution is 5.58. The summed E-state index contributed by atoms with van der Waals surface area (Å²) in [5.41, 5.74) is 5.31. The van der Waals surface area contributed by atoms with Gasteiger partial charge in [-0.05, 0) is 81.9 Å². The van der Waals surface area contributed by atoms with E-state index in [4.69, 9.17) is 14.8 Å². The molecule has 0 atom stereocenters. The molecule has 5 rings (SSSR count). The molecular weight excluding hydrogens is 400 g/mol. The highest BCUT2D eigenvalue weighted by atomic mass is 16.5. The lowest BCUT2D eigenvalue weighted by atomic mass is 9.85. The predicted molar refractivity (Wildman–Crippen MR) is 124 cm³/mol. The monoisotopic (exact) mass is 432 g/mol. The van der Waals surface area contributed by atoms with E-state index in [9.17, 15) is 0 Å². The Labute approximate surface area is 189 Å². The molecule has 2 aromatic heterocycles. The van der Waals surface area contributed by atoms with Gasteiger partial charge < -0.3 is 10.1 Å². The van der Waals surface area contributed by atoms with Gasteiger partial charge in [0.2, 0.25) is 0 Å². The maximum atomic E-state index is 6.07. The van der Waals surface area contributed by atoms with Crippen molar-refractivity contribution in [1.29, 1.82) is 0 Å². The SMILES string of the molecule is Cc1cc(C)cc(Oc2nccc(-c3c(C4CCCCC4)nnn3C3CCNCC3)n2)c1. The third-order valence-corrected chi connectivity index (χ3v) is 6.65. The molecule has 0 bridgehead atoms. The largest absolute Gasteiger partial charge is 0.424 e. The Morgan fingerprint density at radius 3 is 2.47 bits per heavy atom. The van der Waals surface area contributed by atoms with Gasteiger partial charge in [-0.3, -0.25) is 0 Å². The first-order valence-corrected chi connectivity index (χ1v) is 11.9. The minimum Gasteiger partial charge on any atom is -0.424 e. The first-order valence-electron chi connectivity index (χ1n) is 11.9. The molecule has 7 nitrogen and oxygen atoms in total. The first-order chi connectivity index (χ1) is 15.7. The molecule has 1 saturated carbocycles. The fraction of sp³-hybridized carbons (Fsp3) is 0.520.